The maximum Gasteiger partial charge on any atom is 0.0366 e. The molecule has 2 fully saturated rings. The molecule has 17 heavy (non-hydrogen) atoms. The van der Waals surface area contributed by atoms with Crippen LogP contribution in [0.25, 0.3) is 0 Å². The molecule has 1 aromatic carbocycles. The molecular weight excluding hydrogens is 208 g/mol. The van der Waals surface area contributed by atoms with Crippen LogP contribution in [0.1, 0.15) is 32.1 Å². The first-order valence-electron chi connectivity index (χ1n) is 6.93. The fraction of sp³-hybridized carbons (Fsp3) is 0.600. The highest BCUT2D eigenvalue weighted by Gasteiger charge is 2.36. The number of benzene rings is 1. The van der Waals surface area contributed by atoms with Crippen molar-refractivity contribution < 1.29 is 0 Å². The third-order valence-corrected chi connectivity index (χ3v) is 4.28. The molecule has 0 atom stereocenters. The first kappa shape index (κ1) is 11.1. The molecule has 2 heteroatoms. The van der Waals surface area contributed by atoms with Crippen LogP contribution in [-0.2, 0) is 0 Å². The molecular formula is C15H22N2. The molecule has 1 spiro atoms. The van der Waals surface area contributed by atoms with Gasteiger partial charge in [0.25, 0.3) is 0 Å². The zero-order valence-corrected chi connectivity index (χ0v) is 10.5. The number of nitrogens with one attached hydrogen (secondary N) is 1. The minimum atomic E-state index is 0.409. The second kappa shape index (κ2) is 4.69. The summed E-state index contributed by atoms with van der Waals surface area (Å²) in [7, 11) is 0. The highest BCUT2D eigenvalue weighted by Crippen LogP contribution is 2.33. The largest absolute Gasteiger partial charge is 0.370 e. The maximum atomic E-state index is 3.82. The van der Waals surface area contributed by atoms with Crippen LogP contribution in [-0.4, -0.2) is 25.2 Å². The summed E-state index contributed by atoms with van der Waals surface area (Å²) in [6, 6.07) is 10.9. The van der Waals surface area contributed by atoms with Crippen molar-refractivity contribution in [2.24, 2.45) is 0 Å². The van der Waals surface area contributed by atoms with Gasteiger partial charge >= 0.3 is 0 Å². The van der Waals surface area contributed by atoms with Crippen LogP contribution in [0.15, 0.2) is 30.3 Å². The predicted molar refractivity (Wildman–Crippen MR) is 72.5 cm³/mol. The Morgan fingerprint density at radius 2 is 1.76 bits per heavy atom. The maximum absolute atomic E-state index is 3.82. The van der Waals surface area contributed by atoms with Gasteiger partial charge in [-0.05, 0) is 37.9 Å². The molecule has 1 aliphatic carbocycles. The van der Waals surface area contributed by atoms with Gasteiger partial charge in [-0.2, -0.15) is 0 Å². The van der Waals surface area contributed by atoms with E-state index in [9.17, 15) is 0 Å². The lowest BCUT2D eigenvalue weighted by molar-refractivity contribution is 0.354. The standard InChI is InChI=1S/C15H22N2/c1-2-7-14(8-3-1)17-12-6-11-16-15(13-17)9-4-5-10-15/h1-3,7-8,16H,4-6,9-13H2. The Morgan fingerprint density at radius 3 is 2.53 bits per heavy atom. The Balaban J connectivity index is 1.80. The smallest absolute Gasteiger partial charge is 0.0366 e. The van der Waals surface area contributed by atoms with Crippen LogP contribution >= 0.6 is 0 Å². The normalized spacial score (nSPS) is 23.9. The van der Waals surface area contributed by atoms with Gasteiger partial charge in [-0.3, -0.25) is 0 Å². The number of hydrogen-bond donors (Lipinski definition) is 1. The van der Waals surface area contributed by atoms with Gasteiger partial charge in [0.1, 0.15) is 0 Å². The zero-order valence-electron chi connectivity index (χ0n) is 10.5. The molecule has 92 valence electrons. The van der Waals surface area contributed by atoms with Crippen molar-refractivity contribution in [1.82, 2.24) is 5.32 Å². The first-order valence-corrected chi connectivity index (χ1v) is 6.93. The summed E-state index contributed by atoms with van der Waals surface area (Å²) in [5.41, 5.74) is 1.80. The fourth-order valence-corrected chi connectivity index (χ4v) is 3.37. The van der Waals surface area contributed by atoms with E-state index in [0.717, 1.165) is 0 Å². The van der Waals surface area contributed by atoms with Crippen molar-refractivity contribution in [3.05, 3.63) is 30.3 Å². The van der Waals surface area contributed by atoms with E-state index >= 15 is 0 Å². The number of nitrogens with zero attached hydrogens (tertiary/aromatic N) is 1. The summed E-state index contributed by atoms with van der Waals surface area (Å²) in [5.74, 6) is 0. The van der Waals surface area contributed by atoms with Crippen LogP contribution in [0.5, 0.6) is 0 Å². The number of hydrogen-bond acceptors (Lipinski definition) is 2. The van der Waals surface area contributed by atoms with Crippen molar-refractivity contribution in [1.29, 1.82) is 0 Å². The summed E-state index contributed by atoms with van der Waals surface area (Å²) in [6.45, 7) is 3.57. The topological polar surface area (TPSA) is 15.3 Å². The molecule has 1 saturated carbocycles. The monoisotopic (exact) mass is 230 g/mol. The molecule has 2 nitrogen and oxygen atoms in total. The van der Waals surface area contributed by atoms with Gasteiger partial charge in [0, 0.05) is 24.3 Å². The zero-order chi connectivity index (χ0) is 11.6. The summed E-state index contributed by atoms with van der Waals surface area (Å²) < 4.78 is 0. The minimum Gasteiger partial charge on any atom is -0.370 e. The van der Waals surface area contributed by atoms with E-state index < -0.39 is 0 Å². The lowest BCUT2D eigenvalue weighted by Crippen LogP contribution is -2.49. The van der Waals surface area contributed by atoms with E-state index in [1.54, 1.807) is 0 Å². The van der Waals surface area contributed by atoms with Crippen LogP contribution in [0.3, 0.4) is 0 Å². The third-order valence-electron chi connectivity index (χ3n) is 4.28. The Bertz CT molecular complexity index is 354. The molecule has 0 aromatic heterocycles. The minimum absolute atomic E-state index is 0.409. The number of anilines is 1. The second-order valence-corrected chi connectivity index (χ2v) is 5.52. The van der Waals surface area contributed by atoms with Gasteiger partial charge in [0.05, 0.1) is 0 Å². The van der Waals surface area contributed by atoms with E-state index in [0.29, 0.717) is 5.54 Å². The van der Waals surface area contributed by atoms with Gasteiger partial charge in [0.15, 0.2) is 0 Å². The number of rotatable bonds is 1. The first-order chi connectivity index (χ1) is 8.38. The van der Waals surface area contributed by atoms with Crippen LogP contribution in [0, 0.1) is 0 Å². The van der Waals surface area contributed by atoms with Crippen molar-refractivity contribution in [2.75, 3.05) is 24.5 Å². The van der Waals surface area contributed by atoms with Crippen molar-refractivity contribution >= 4 is 5.69 Å². The van der Waals surface area contributed by atoms with Crippen LogP contribution in [0.2, 0.25) is 0 Å². The Hall–Kier alpha value is -1.02. The van der Waals surface area contributed by atoms with Gasteiger partial charge < -0.3 is 10.2 Å². The van der Waals surface area contributed by atoms with E-state index in [2.05, 4.69) is 40.5 Å². The summed E-state index contributed by atoms with van der Waals surface area (Å²) in [5, 5.41) is 3.82. The molecule has 1 N–H and O–H groups in total. The number of para-hydroxylation sites is 1. The Kier molecular flexibility index (Phi) is 3.06. The quantitative estimate of drug-likeness (QED) is 0.798. The summed E-state index contributed by atoms with van der Waals surface area (Å²) in [6.07, 6.45) is 6.77. The molecule has 1 saturated heterocycles. The van der Waals surface area contributed by atoms with Gasteiger partial charge in [-0.1, -0.05) is 31.0 Å². The molecule has 1 aliphatic heterocycles. The van der Waals surface area contributed by atoms with Crippen molar-refractivity contribution in [2.45, 2.75) is 37.6 Å². The van der Waals surface area contributed by atoms with Crippen molar-refractivity contribution in [3.8, 4) is 0 Å². The summed E-state index contributed by atoms with van der Waals surface area (Å²) >= 11 is 0. The van der Waals surface area contributed by atoms with E-state index in [1.165, 1.54) is 57.4 Å². The summed E-state index contributed by atoms with van der Waals surface area (Å²) in [4.78, 5) is 2.57. The molecule has 3 rings (SSSR count). The van der Waals surface area contributed by atoms with Crippen LogP contribution in [0.4, 0.5) is 5.69 Å². The van der Waals surface area contributed by atoms with E-state index in [-0.39, 0.29) is 0 Å². The van der Waals surface area contributed by atoms with Gasteiger partial charge in [-0.25, -0.2) is 0 Å². The predicted octanol–water partition coefficient (Wildman–Crippen LogP) is 2.80. The molecule has 0 unspecified atom stereocenters. The molecule has 2 aliphatic rings. The molecule has 0 radical (unpaired) electrons. The average molecular weight is 230 g/mol. The Labute approximate surface area is 104 Å². The van der Waals surface area contributed by atoms with E-state index in [1.807, 2.05) is 0 Å². The third kappa shape index (κ3) is 2.32. The average Bonchev–Trinajstić information content (AvgIpc) is 2.71. The van der Waals surface area contributed by atoms with Crippen molar-refractivity contribution in [3.63, 3.8) is 0 Å². The van der Waals surface area contributed by atoms with Gasteiger partial charge in [-0.15, -0.1) is 0 Å². The van der Waals surface area contributed by atoms with E-state index in [4.69, 9.17) is 0 Å². The highest BCUT2D eigenvalue weighted by molar-refractivity contribution is 5.46. The van der Waals surface area contributed by atoms with Crippen LogP contribution < -0.4 is 10.2 Å². The second-order valence-electron chi connectivity index (χ2n) is 5.52. The molecule has 1 heterocycles. The SMILES string of the molecule is c1ccc(N2CCCNC3(CCCC3)C2)cc1. The molecule has 1 aromatic rings. The molecule has 0 bridgehead atoms. The lowest BCUT2D eigenvalue weighted by Gasteiger charge is -2.34. The molecule has 0 amide bonds. The Morgan fingerprint density at radius 1 is 1.00 bits per heavy atom. The highest BCUT2D eigenvalue weighted by atomic mass is 15.2. The lowest BCUT2D eigenvalue weighted by atomic mass is 9.97. The van der Waals surface area contributed by atoms with Gasteiger partial charge in [0.2, 0.25) is 0 Å². The fourth-order valence-electron chi connectivity index (χ4n) is 3.37.